The van der Waals surface area contributed by atoms with Gasteiger partial charge in [0.2, 0.25) is 10.0 Å². The van der Waals surface area contributed by atoms with Crippen molar-refractivity contribution in [2.24, 2.45) is 5.92 Å². The highest BCUT2D eigenvalue weighted by atomic mass is 32.2. The standard InChI is InChI=1S/C35H43FN2O5S/c1-4-5-8-13-24(2)43-33-22-31-34(21-28(33)26-18-19-30(36)29(20-26)35(39)40)44(41,42)37(3)32(25-14-9-6-10-15-25)23-38(31)27-16-11-7-12-17-27/h7,11-12,16-22,24-25,32H,4-6,8-10,13-15,23H2,1-3H3,(H,39,40)/t24-,32+/m1/s1. The Labute approximate surface area is 260 Å². The second-order valence-electron chi connectivity index (χ2n) is 12.2. The summed E-state index contributed by atoms with van der Waals surface area (Å²) in [6.45, 7) is 4.61. The quantitative estimate of drug-likeness (QED) is 0.229. The average molecular weight is 623 g/mol. The van der Waals surface area contributed by atoms with Crippen LogP contribution in [0.4, 0.5) is 15.8 Å². The lowest BCUT2D eigenvalue weighted by atomic mass is 9.83. The molecule has 0 radical (unpaired) electrons. The van der Waals surface area contributed by atoms with E-state index >= 15 is 0 Å². The van der Waals surface area contributed by atoms with E-state index in [4.69, 9.17) is 4.74 Å². The Morgan fingerprint density at radius 2 is 1.77 bits per heavy atom. The zero-order valence-corrected chi connectivity index (χ0v) is 26.7. The summed E-state index contributed by atoms with van der Waals surface area (Å²) >= 11 is 0. The minimum Gasteiger partial charge on any atom is -0.490 e. The van der Waals surface area contributed by atoms with Gasteiger partial charge in [-0.3, -0.25) is 0 Å². The third kappa shape index (κ3) is 6.64. The van der Waals surface area contributed by atoms with Crippen LogP contribution in [0, 0.1) is 11.7 Å². The number of ether oxygens (including phenoxy) is 1. The molecule has 0 amide bonds. The van der Waals surface area contributed by atoms with E-state index in [9.17, 15) is 22.7 Å². The minimum atomic E-state index is -3.98. The molecule has 5 rings (SSSR count). The summed E-state index contributed by atoms with van der Waals surface area (Å²) in [7, 11) is -2.31. The van der Waals surface area contributed by atoms with Gasteiger partial charge in [0.05, 0.1) is 17.4 Å². The summed E-state index contributed by atoms with van der Waals surface area (Å²) in [6.07, 6.45) is 9.05. The van der Waals surface area contributed by atoms with Gasteiger partial charge in [0.15, 0.2) is 0 Å². The van der Waals surface area contributed by atoms with E-state index in [1.54, 1.807) is 19.2 Å². The Morgan fingerprint density at radius 3 is 2.45 bits per heavy atom. The Bertz CT molecular complexity index is 1570. The molecule has 2 aliphatic rings. The lowest BCUT2D eigenvalue weighted by molar-refractivity contribution is 0.0692. The largest absolute Gasteiger partial charge is 0.490 e. The molecule has 1 heterocycles. The monoisotopic (exact) mass is 622 g/mol. The Hall–Kier alpha value is -3.43. The molecule has 0 bridgehead atoms. The second kappa shape index (κ2) is 13.7. The van der Waals surface area contributed by atoms with Crippen LogP contribution in [0.2, 0.25) is 0 Å². The number of halogens is 1. The predicted molar refractivity (Wildman–Crippen MR) is 172 cm³/mol. The first-order chi connectivity index (χ1) is 21.1. The summed E-state index contributed by atoms with van der Waals surface area (Å²) in [6, 6.07) is 16.8. The molecule has 0 aromatic heterocycles. The van der Waals surface area contributed by atoms with E-state index in [-0.39, 0.29) is 23.0 Å². The number of fused-ring (bicyclic) bond motifs is 1. The molecule has 3 aromatic carbocycles. The predicted octanol–water partition coefficient (Wildman–Crippen LogP) is 8.26. The number of rotatable bonds is 10. The number of likely N-dealkylation sites (N-methyl/N-ethyl adjacent to an activating group) is 1. The highest BCUT2D eigenvalue weighted by molar-refractivity contribution is 7.89. The van der Waals surface area contributed by atoms with Crippen LogP contribution in [-0.4, -0.2) is 49.5 Å². The molecule has 0 spiro atoms. The van der Waals surface area contributed by atoms with Crippen molar-refractivity contribution in [1.82, 2.24) is 4.31 Å². The van der Waals surface area contributed by atoms with Crippen LogP contribution in [0.5, 0.6) is 5.75 Å². The molecule has 0 unspecified atom stereocenters. The molecule has 236 valence electrons. The summed E-state index contributed by atoms with van der Waals surface area (Å²) in [5.74, 6) is -1.59. The fourth-order valence-electron chi connectivity index (χ4n) is 6.66. The van der Waals surface area contributed by atoms with E-state index in [0.717, 1.165) is 63.1 Å². The number of sulfonamides is 1. The van der Waals surface area contributed by atoms with Crippen molar-refractivity contribution >= 4 is 27.4 Å². The molecule has 1 N–H and O–H groups in total. The number of para-hydroxylation sites is 1. The molecular weight excluding hydrogens is 579 g/mol. The van der Waals surface area contributed by atoms with E-state index in [2.05, 4.69) is 11.8 Å². The number of carboxylic acids is 1. The molecule has 2 atom stereocenters. The number of hydrogen-bond acceptors (Lipinski definition) is 5. The summed E-state index contributed by atoms with van der Waals surface area (Å²) in [4.78, 5) is 14.0. The zero-order valence-electron chi connectivity index (χ0n) is 25.8. The summed E-state index contributed by atoms with van der Waals surface area (Å²) in [5, 5.41) is 9.65. The van der Waals surface area contributed by atoms with Crippen LogP contribution < -0.4 is 9.64 Å². The van der Waals surface area contributed by atoms with Gasteiger partial charge in [-0.25, -0.2) is 17.6 Å². The number of hydrogen-bond donors (Lipinski definition) is 1. The number of benzene rings is 3. The van der Waals surface area contributed by atoms with Crippen LogP contribution in [0.25, 0.3) is 11.1 Å². The van der Waals surface area contributed by atoms with Gasteiger partial charge < -0.3 is 14.7 Å². The number of nitrogens with zero attached hydrogens (tertiary/aromatic N) is 2. The van der Waals surface area contributed by atoms with Crippen LogP contribution in [0.15, 0.2) is 65.6 Å². The number of carboxylic acid groups (broad SMARTS) is 1. The first-order valence-corrected chi connectivity index (χ1v) is 17.2. The summed E-state index contributed by atoms with van der Waals surface area (Å²) < 4.78 is 51.5. The molecule has 1 aliphatic heterocycles. The van der Waals surface area contributed by atoms with Crippen molar-refractivity contribution in [1.29, 1.82) is 0 Å². The number of aromatic carboxylic acids is 1. The molecule has 3 aromatic rings. The fourth-order valence-corrected chi connectivity index (χ4v) is 8.26. The van der Waals surface area contributed by atoms with Gasteiger partial charge in [0.25, 0.3) is 0 Å². The molecule has 0 saturated heterocycles. The van der Waals surface area contributed by atoms with E-state index in [1.165, 1.54) is 22.9 Å². The topological polar surface area (TPSA) is 87.1 Å². The maximum Gasteiger partial charge on any atom is 0.338 e. The molecule has 9 heteroatoms. The van der Waals surface area contributed by atoms with Crippen LogP contribution in [0.3, 0.4) is 0 Å². The lowest BCUT2D eigenvalue weighted by Crippen LogP contribution is -2.46. The van der Waals surface area contributed by atoms with E-state index in [1.807, 2.05) is 37.3 Å². The van der Waals surface area contributed by atoms with Crippen LogP contribution in [0.1, 0.15) is 82.0 Å². The third-order valence-electron chi connectivity index (χ3n) is 9.16. The number of anilines is 2. The van der Waals surface area contributed by atoms with Gasteiger partial charge >= 0.3 is 5.97 Å². The van der Waals surface area contributed by atoms with Crippen LogP contribution in [-0.2, 0) is 10.0 Å². The van der Waals surface area contributed by atoms with Gasteiger partial charge in [-0.2, -0.15) is 4.31 Å². The molecule has 1 fully saturated rings. The van der Waals surface area contributed by atoms with Gasteiger partial charge in [0.1, 0.15) is 16.5 Å². The van der Waals surface area contributed by atoms with Crippen molar-refractivity contribution in [2.45, 2.75) is 88.7 Å². The second-order valence-corrected chi connectivity index (χ2v) is 14.1. The van der Waals surface area contributed by atoms with Gasteiger partial charge in [-0.05, 0) is 74.4 Å². The van der Waals surface area contributed by atoms with Crippen molar-refractivity contribution < 1.29 is 27.4 Å². The smallest absolute Gasteiger partial charge is 0.338 e. The van der Waals surface area contributed by atoms with Gasteiger partial charge in [0, 0.05) is 37.0 Å². The highest BCUT2D eigenvalue weighted by Crippen LogP contribution is 2.46. The normalized spacial score (nSPS) is 19.6. The molecule has 44 heavy (non-hydrogen) atoms. The average Bonchev–Trinajstić information content (AvgIpc) is 3.10. The Morgan fingerprint density at radius 1 is 1.05 bits per heavy atom. The van der Waals surface area contributed by atoms with Crippen LogP contribution >= 0.6 is 0 Å². The number of unbranched alkanes of at least 4 members (excludes halogenated alkanes) is 2. The first kappa shape index (κ1) is 32.0. The highest BCUT2D eigenvalue weighted by Gasteiger charge is 2.41. The SMILES string of the molecule is CCCCC[C@@H](C)Oc1cc2c(cc1-c1ccc(F)c(C(=O)O)c1)S(=O)(=O)N(C)[C@H](C1CCCCC1)CN2c1ccccc1. The van der Waals surface area contributed by atoms with Crippen molar-refractivity contribution in [2.75, 3.05) is 18.5 Å². The molecule has 7 nitrogen and oxygen atoms in total. The van der Waals surface area contributed by atoms with Crippen molar-refractivity contribution in [3.8, 4) is 16.9 Å². The fraction of sp³-hybridized carbons (Fsp3) is 0.457. The Kier molecular flexibility index (Phi) is 9.95. The van der Waals surface area contributed by atoms with E-state index < -0.39 is 27.4 Å². The Balaban J connectivity index is 1.72. The van der Waals surface area contributed by atoms with Gasteiger partial charge in [-0.1, -0.05) is 63.3 Å². The maximum atomic E-state index is 14.5. The van der Waals surface area contributed by atoms with Gasteiger partial charge in [-0.15, -0.1) is 0 Å². The molecular formula is C35H43FN2O5S. The van der Waals surface area contributed by atoms with Crippen molar-refractivity contribution in [3.63, 3.8) is 0 Å². The van der Waals surface area contributed by atoms with Crippen molar-refractivity contribution in [3.05, 3.63) is 72.0 Å². The van der Waals surface area contributed by atoms with E-state index in [0.29, 0.717) is 29.1 Å². The third-order valence-corrected chi connectivity index (χ3v) is 11.1. The first-order valence-electron chi connectivity index (χ1n) is 15.8. The molecule has 1 aliphatic carbocycles. The molecule has 1 saturated carbocycles. The maximum absolute atomic E-state index is 14.5. The zero-order chi connectivity index (χ0) is 31.4. The summed E-state index contributed by atoms with van der Waals surface area (Å²) in [5.41, 5.74) is 1.70. The number of carbonyl (C=O) groups is 1. The minimum absolute atomic E-state index is 0.115. The lowest BCUT2D eigenvalue weighted by Gasteiger charge is -2.36.